The summed E-state index contributed by atoms with van der Waals surface area (Å²) in [5.74, 6) is 0.886. The van der Waals surface area contributed by atoms with E-state index in [1.165, 1.54) is 0 Å². The highest BCUT2D eigenvalue weighted by Gasteiger charge is 2.13. The minimum absolute atomic E-state index is 0.0521. The second-order valence-corrected chi connectivity index (χ2v) is 4.47. The number of amides is 1. The maximum absolute atomic E-state index is 11.8. The first-order valence-electron chi connectivity index (χ1n) is 6.24. The molecule has 0 spiro atoms. The Bertz CT molecular complexity index is 391. The summed E-state index contributed by atoms with van der Waals surface area (Å²) >= 11 is 0. The van der Waals surface area contributed by atoms with Gasteiger partial charge in [-0.25, -0.2) is 0 Å². The second kappa shape index (κ2) is 7.01. The summed E-state index contributed by atoms with van der Waals surface area (Å²) in [6.45, 7) is 4.94. The first kappa shape index (κ1) is 14.5. The van der Waals surface area contributed by atoms with Gasteiger partial charge in [-0.2, -0.15) is 0 Å². The van der Waals surface area contributed by atoms with Crippen molar-refractivity contribution in [3.63, 3.8) is 0 Å². The number of nitrogens with two attached hydrogens (primary N) is 1. The number of ether oxygens (including phenoxy) is 1. The van der Waals surface area contributed by atoms with E-state index in [4.69, 9.17) is 10.5 Å². The minimum atomic E-state index is -0.109. The van der Waals surface area contributed by atoms with Crippen LogP contribution in [0.3, 0.4) is 0 Å². The Morgan fingerprint density at radius 2 is 2.11 bits per heavy atom. The lowest BCUT2D eigenvalue weighted by atomic mass is 10.1. The van der Waals surface area contributed by atoms with E-state index in [0.717, 1.165) is 11.3 Å². The molecule has 2 N–H and O–H groups in total. The largest absolute Gasteiger partial charge is 0.494 e. The van der Waals surface area contributed by atoms with Gasteiger partial charge in [-0.05, 0) is 19.9 Å². The lowest BCUT2D eigenvalue weighted by Gasteiger charge is -2.20. The molecule has 0 heterocycles. The van der Waals surface area contributed by atoms with Crippen molar-refractivity contribution in [1.82, 2.24) is 4.90 Å². The lowest BCUT2D eigenvalue weighted by Crippen LogP contribution is -2.31. The summed E-state index contributed by atoms with van der Waals surface area (Å²) in [7, 11) is 1.79. The predicted octanol–water partition coefficient (Wildman–Crippen LogP) is 1.78. The van der Waals surface area contributed by atoms with Crippen molar-refractivity contribution in [3.05, 3.63) is 29.8 Å². The fourth-order valence-corrected chi connectivity index (χ4v) is 1.71. The summed E-state index contributed by atoms with van der Waals surface area (Å²) < 4.78 is 5.54. The number of para-hydroxylation sites is 1. The molecule has 1 aromatic rings. The number of rotatable bonds is 6. The molecule has 1 rings (SSSR count). The quantitative estimate of drug-likeness (QED) is 0.837. The normalized spacial score (nSPS) is 12.0. The maximum Gasteiger partial charge on any atom is 0.224 e. The van der Waals surface area contributed by atoms with Gasteiger partial charge in [-0.3, -0.25) is 4.79 Å². The van der Waals surface area contributed by atoms with Crippen molar-refractivity contribution >= 4 is 5.91 Å². The molecule has 0 aliphatic heterocycles. The first-order chi connectivity index (χ1) is 8.54. The number of benzene rings is 1. The van der Waals surface area contributed by atoms with Gasteiger partial charge in [0.1, 0.15) is 5.75 Å². The Morgan fingerprint density at radius 3 is 2.72 bits per heavy atom. The van der Waals surface area contributed by atoms with Crippen LogP contribution >= 0.6 is 0 Å². The molecular formula is C14H22N2O2. The number of hydrogen-bond donors (Lipinski definition) is 1. The molecule has 100 valence electrons. The molecule has 0 saturated heterocycles. The molecular weight excluding hydrogens is 228 g/mol. The van der Waals surface area contributed by atoms with Crippen LogP contribution in [0.15, 0.2) is 24.3 Å². The van der Waals surface area contributed by atoms with Crippen molar-refractivity contribution < 1.29 is 9.53 Å². The third kappa shape index (κ3) is 4.37. The van der Waals surface area contributed by atoms with E-state index in [1.54, 1.807) is 11.9 Å². The number of carbonyl (C=O) groups excluding carboxylic acids is 1. The van der Waals surface area contributed by atoms with Crippen LogP contribution in [0.5, 0.6) is 5.75 Å². The van der Waals surface area contributed by atoms with Gasteiger partial charge in [0.15, 0.2) is 0 Å². The average molecular weight is 250 g/mol. The van der Waals surface area contributed by atoms with E-state index < -0.39 is 0 Å². The number of hydrogen-bond acceptors (Lipinski definition) is 3. The highest BCUT2D eigenvalue weighted by atomic mass is 16.5. The van der Waals surface area contributed by atoms with Crippen LogP contribution in [-0.4, -0.2) is 30.5 Å². The summed E-state index contributed by atoms with van der Waals surface area (Å²) in [6.07, 6.45) is 0.368. The summed E-state index contributed by atoms with van der Waals surface area (Å²) in [5.41, 5.74) is 6.64. The molecule has 1 amide bonds. The van der Waals surface area contributed by atoms with Crippen molar-refractivity contribution in [1.29, 1.82) is 0 Å². The van der Waals surface area contributed by atoms with Gasteiger partial charge in [-0.15, -0.1) is 0 Å². The van der Waals surface area contributed by atoms with Crippen LogP contribution in [0.2, 0.25) is 0 Å². The molecule has 0 aliphatic rings. The minimum Gasteiger partial charge on any atom is -0.494 e. The van der Waals surface area contributed by atoms with Gasteiger partial charge >= 0.3 is 0 Å². The Hall–Kier alpha value is -1.55. The van der Waals surface area contributed by atoms with Gasteiger partial charge < -0.3 is 15.4 Å². The highest BCUT2D eigenvalue weighted by Crippen LogP contribution is 2.19. The third-order valence-corrected chi connectivity index (χ3v) is 2.60. The SMILES string of the molecule is CCOc1ccccc1CN(C)C(=O)CC(C)N. The monoisotopic (exact) mass is 250 g/mol. The van der Waals surface area contributed by atoms with E-state index in [0.29, 0.717) is 19.6 Å². The summed E-state index contributed by atoms with van der Waals surface area (Å²) in [4.78, 5) is 13.5. The predicted molar refractivity (Wildman–Crippen MR) is 72.4 cm³/mol. The van der Waals surface area contributed by atoms with Gasteiger partial charge in [0.2, 0.25) is 5.91 Å². The molecule has 0 aromatic heterocycles. The summed E-state index contributed by atoms with van der Waals surface area (Å²) in [5, 5.41) is 0. The van der Waals surface area contributed by atoms with Crippen molar-refractivity contribution in [2.45, 2.75) is 32.9 Å². The van der Waals surface area contributed by atoms with Crippen LogP contribution in [0.4, 0.5) is 0 Å². The van der Waals surface area contributed by atoms with Gasteiger partial charge in [0.25, 0.3) is 0 Å². The molecule has 0 aliphatic carbocycles. The molecule has 1 atom stereocenters. The zero-order valence-electron chi connectivity index (χ0n) is 11.3. The third-order valence-electron chi connectivity index (χ3n) is 2.60. The fourth-order valence-electron chi connectivity index (χ4n) is 1.71. The van der Waals surface area contributed by atoms with Gasteiger partial charge in [-0.1, -0.05) is 18.2 Å². The second-order valence-electron chi connectivity index (χ2n) is 4.47. The van der Waals surface area contributed by atoms with Crippen molar-refractivity contribution in [2.24, 2.45) is 5.73 Å². The summed E-state index contributed by atoms with van der Waals surface area (Å²) in [6, 6.07) is 7.66. The zero-order valence-corrected chi connectivity index (χ0v) is 11.3. The molecule has 4 heteroatoms. The Labute approximate surface area is 109 Å². The van der Waals surface area contributed by atoms with Gasteiger partial charge in [0.05, 0.1) is 6.61 Å². The van der Waals surface area contributed by atoms with E-state index in [9.17, 15) is 4.79 Å². The lowest BCUT2D eigenvalue weighted by molar-refractivity contribution is -0.130. The molecule has 0 saturated carbocycles. The molecule has 0 fully saturated rings. The Kier molecular flexibility index (Phi) is 5.65. The molecule has 18 heavy (non-hydrogen) atoms. The molecule has 1 aromatic carbocycles. The number of carbonyl (C=O) groups is 1. The topological polar surface area (TPSA) is 55.6 Å². The van der Waals surface area contributed by atoms with E-state index in [2.05, 4.69) is 0 Å². The van der Waals surface area contributed by atoms with E-state index in [-0.39, 0.29) is 11.9 Å². The fraction of sp³-hybridized carbons (Fsp3) is 0.500. The molecule has 1 unspecified atom stereocenters. The first-order valence-corrected chi connectivity index (χ1v) is 6.24. The molecule has 0 bridgehead atoms. The Morgan fingerprint density at radius 1 is 1.44 bits per heavy atom. The maximum atomic E-state index is 11.8. The van der Waals surface area contributed by atoms with Crippen molar-refractivity contribution in [3.8, 4) is 5.75 Å². The van der Waals surface area contributed by atoms with Crippen LogP contribution in [-0.2, 0) is 11.3 Å². The van der Waals surface area contributed by atoms with E-state index >= 15 is 0 Å². The van der Waals surface area contributed by atoms with Crippen LogP contribution in [0.25, 0.3) is 0 Å². The smallest absolute Gasteiger partial charge is 0.224 e. The average Bonchev–Trinajstić information content (AvgIpc) is 2.31. The number of nitrogens with zero attached hydrogens (tertiary/aromatic N) is 1. The standard InChI is InChI=1S/C14H22N2O2/c1-4-18-13-8-6-5-7-12(13)10-16(3)14(17)9-11(2)15/h5-8,11H,4,9-10,15H2,1-3H3. The van der Waals surface area contributed by atoms with Crippen LogP contribution < -0.4 is 10.5 Å². The van der Waals surface area contributed by atoms with E-state index in [1.807, 2.05) is 38.1 Å². The molecule has 4 nitrogen and oxygen atoms in total. The van der Waals surface area contributed by atoms with Crippen molar-refractivity contribution in [2.75, 3.05) is 13.7 Å². The molecule has 0 radical (unpaired) electrons. The van der Waals surface area contributed by atoms with Crippen LogP contribution in [0.1, 0.15) is 25.8 Å². The highest BCUT2D eigenvalue weighted by molar-refractivity contribution is 5.76. The Balaban J connectivity index is 2.69. The zero-order chi connectivity index (χ0) is 13.5. The van der Waals surface area contributed by atoms with Crippen LogP contribution in [0, 0.1) is 0 Å². The van der Waals surface area contributed by atoms with Gasteiger partial charge in [0, 0.05) is 31.6 Å².